The number of hydrogen-bond donors (Lipinski definition) is 2. The summed E-state index contributed by atoms with van der Waals surface area (Å²) < 4.78 is 25.8. The third-order valence-corrected chi connectivity index (χ3v) is 1.87. The van der Waals surface area contributed by atoms with Gasteiger partial charge in [-0.05, 0) is 25.1 Å². The molecule has 0 saturated carbocycles. The van der Waals surface area contributed by atoms with Gasteiger partial charge < -0.3 is 11.1 Å². The summed E-state index contributed by atoms with van der Waals surface area (Å²) in [6.45, 7) is 1.45. The van der Waals surface area contributed by atoms with E-state index in [-0.39, 0.29) is 24.5 Å². The van der Waals surface area contributed by atoms with Crippen molar-refractivity contribution in [2.24, 2.45) is 5.73 Å². The number of amides is 1. The van der Waals surface area contributed by atoms with Gasteiger partial charge in [-0.3, -0.25) is 4.79 Å². The van der Waals surface area contributed by atoms with E-state index in [2.05, 4.69) is 5.32 Å². The first-order valence-corrected chi connectivity index (χ1v) is 4.48. The van der Waals surface area contributed by atoms with E-state index in [9.17, 15) is 13.6 Å². The standard InChI is InChI=1S/C10H12F2N2O.ClH/c1-6(13)10(15)14-5-7-4-8(11)2-3-9(7)12;/h2-4,6H,5,13H2,1H3,(H,14,15);1H. The number of carbonyl (C=O) groups excluding carboxylic acids is 1. The zero-order chi connectivity index (χ0) is 11.4. The van der Waals surface area contributed by atoms with Crippen LogP contribution in [0.15, 0.2) is 18.2 Å². The van der Waals surface area contributed by atoms with Crippen molar-refractivity contribution < 1.29 is 13.6 Å². The fourth-order valence-electron chi connectivity index (χ4n) is 1.02. The molecule has 0 radical (unpaired) electrons. The first-order chi connectivity index (χ1) is 7.00. The summed E-state index contributed by atoms with van der Waals surface area (Å²) in [6, 6.07) is 2.41. The van der Waals surface area contributed by atoms with E-state index in [1.807, 2.05) is 0 Å². The molecule has 1 aromatic rings. The van der Waals surface area contributed by atoms with Crippen LogP contribution in [0.2, 0.25) is 0 Å². The zero-order valence-corrected chi connectivity index (χ0v) is 9.48. The second kappa shape index (κ2) is 6.40. The number of benzene rings is 1. The number of rotatable bonds is 3. The summed E-state index contributed by atoms with van der Waals surface area (Å²) in [4.78, 5) is 11.1. The lowest BCUT2D eigenvalue weighted by molar-refractivity contribution is -0.122. The van der Waals surface area contributed by atoms with Crippen LogP contribution < -0.4 is 11.1 Å². The molecule has 6 heteroatoms. The highest BCUT2D eigenvalue weighted by molar-refractivity contribution is 5.85. The fraction of sp³-hybridized carbons (Fsp3) is 0.300. The van der Waals surface area contributed by atoms with Gasteiger partial charge >= 0.3 is 0 Å². The Bertz CT molecular complexity index is 372. The van der Waals surface area contributed by atoms with Crippen LogP contribution in [-0.2, 0) is 11.3 Å². The molecule has 0 aliphatic carbocycles. The Kier molecular flexibility index (Phi) is 5.92. The van der Waals surface area contributed by atoms with E-state index in [1.165, 1.54) is 6.92 Å². The minimum Gasteiger partial charge on any atom is -0.351 e. The Morgan fingerprint density at radius 3 is 2.69 bits per heavy atom. The van der Waals surface area contributed by atoms with Gasteiger partial charge in [-0.25, -0.2) is 8.78 Å². The average molecular weight is 251 g/mol. The highest BCUT2D eigenvalue weighted by Crippen LogP contribution is 2.08. The van der Waals surface area contributed by atoms with E-state index < -0.39 is 23.6 Å². The van der Waals surface area contributed by atoms with Gasteiger partial charge in [0.2, 0.25) is 5.91 Å². The minimum atomic E-state index is -0.665. The van der Waals surface area contributed by atoms with Crippen molar-refractivity contribution in [3.8, 4) is 0 Å². The van der Waals surface area contributed by atoms with Crippen LogP contribution in [0.4, 0.5) is 8.78 Å². The van der Waals surface area contributed by atoms with E-state index in [0.29, 0.717) is 0 Å². The molecule has 0 aromatic heterocycles. The molecule has 0 saturated heterocycles. The van der Waals surface area contributed by atoms with Crippen molar-refractivity contribution in [1.82, 2.24) is 5.32 Å². The SMILES string of the molecule is CC(N)C(=O)NCc1cc(F)ccc1F.Cl. The van der Waals surface area contributed by atoms with Gasteiger partial charge in [0.15, 0.2) is 0 Å². The van der Waals surface area contributed by atoms with Gasteiger partial charge in [-0.15, -0.1) is 12.4 Å². The second-order valence-electron chi connectivity index (χ2n) is 3.24. The minimum absolute atomic E-state index is 0. The Morgan fingerprint density at radius 1 is 1.50 bits per heavy atom. The average Bonchev–Trinajstić information content (AvgIpc) is 2.18. The van der Waals surface area contributed by atoms with Crippen LogP contribution in [0.1, 0.15) is 12.5 Å². The number of carbonyl (C=O) groups is 1. The highest BCUT2D eigenvalue weighted by atomic mass is 35.5. The molecule has 1 unspecified atom stereocenters. The summed E-state index contributed by atoms with van der Waals surface area (Å²) >= 11 is 0. The third kappa shape index (κ3) is 4.12. The third-order valence-electron chi connectivity index (χ3n) is 1.87. The van der Waals surface area contributed by atoms with Crippen molar-refractivity contribution >= 4 is 18.3 Å². The lowest BCUT2D eigenvalue weighted by Crippen LogP contribution is -2.37. The van der Waals surface area contributed by atoms with Crippen molar-refractivity contribution in [2.45, 2.75) is 19.5 Å². The van der Waals surface area contributed by atoms with Crippen LogP contribution >= 0.6 is 12.4 Å². The van der Waals surface area contributed by atoms with Gasteiger partial charge in [0.05, 0.1) is 6.04 Å². The van der Waals surface area contributed by atoms with Crippen LogP contribution in [0, 0.1) is 11.6 Å². The zero-order valence-electron chi connectivity index (χ0n) is 8.67. The molecule has 0 fully saturated rings. The normalized spacial score (nSPS) is 11.5. The predicted molar refractivity (Wildman–Crippen MR) is 59.1 cm³/mol. The highest BCUT2D eigenvalue weighted by Gasteiger charge is 2.08. The summed E-state index contributed by atoms with van der Waals surface area (Å²) in [5.74, 6) is -1.50. The Labute approximate surface area is 98.4 Å². The van der Waals surface area contributed by atoms with Crippen LogP contribution in [-0.4, -0.2) is 11.9 Å². The maximum Gasteiger partial charge on any atom is 0.236 e. The Morgan fingerprint density at radius 2 is 2.12 bits per heavy atom. The molecule has 3 nitrogen and oxygen atoms in total. The Hall–Kier alpha value is -1.20. The fourth-order valence-corrected chi connectivity index (χ4v) is 1.02. The molecule has 0 spiro atoms. The molecule has 90 valence electrons. The van der Waals surface area contributed by atoms with E-state index >= 15 is 0 Å². The smallest absolute Gasteiger partial charge is 0.236 e. The van der Waals surface area contributed by atoms with E-state index in [1.54, 1.807) is 0 Å². The molecule has 16 heavy (non-hydrogen) atoms. The monoisotopic (exact) mass is 250 g/mol. The van der Waals surface area contributed by atoms with Gasteiger partial charge in [0.1, 0.15) is 11.6 Å². The van der Waals surface area contributed by atoms with E-state index in [4.69, 9.17) is 5.73 Å². The molecule has 1 rings (SSSR count). The molecule has 3 N–H and O–H groups in total. The molecule has 0 aliphatic heterocycles. The molecule has 1 amide bonds. The van der Waals surface area contributed by atoms with Gasteiger partial charge in [0, 0.05) is 12.1 Å². The van der Waals surface area contributed by atoms with Crippen LogP contribution in [0.25, 0.3) is 0 Å². The second-order valence-corrected chi connectivity index (χ2v) is 3.24. The summed E-state index contributed by atoms with van der Waals surface area (Å²) in [6.07, 6.45) is 0. The van der Waals surface area contributed by atoms with Crippen molar-refractivity contribution in [1.29, 1.82) is 0 Å². The molecule has 1 atom stereocenters. The van der Waals surface area contributed by atoms with Gasteiger partial charge in [-0.2, -0.15) is 0 Å². The number of nitrogens with two attached hydrogens (primary N) is 1. The van der Waals surface area contributed by atoms with Crippen LogP contribution in [0.5, 0.6) is 0 Å². The maximum absolute atomic E-state index is 13.1. The Balaban J connectivity index is 0.00000225. The summed E-state index contributed by atoms with van der Waals surface area (Å²) in [7, 11) is 0. The number of halogens is 3. The van der Waals surface area contributed by atoms with Gasteiger partial charge in [0.25, 0.3) is 0 Å². The first-order valence-electron chi connectivity index (χ1n) is 4.48. The largest absolute Gasteiger partial charge is 0.351 e. The molecular formula is C10H13ClF2N2O. The molecule has 0 heterocycles. The first kappa shape index (κ1) is 14.8. The van der Waals surface area contributed by atoms with Gasteiger partial charge in [-0.1, -0.05) is 0 Å². The number of hydrogen-bond acceptors (Lipinski definition) is 2. The summed E-state index contributed by atoms with van der Waals surface area (Å²) in [5, 5.41) is 2.40. The summed E-state index contributed by atoms with van der Waals surface area (Å²) in [5.41, 5.74) is 5.39. The van der Waals surface area contributed by atoms with Crippen LogP contribution in [0.3, 0.4) is 0 Å². The molecule has 0 bridgehead atoms. The quantitative estimate of drug-likeness (QED) is 0.851. The number of nitrogens with one attached hydrogen (secondary N) is 1. The lowest BCUT2D eigenvalue weighted by atomic mass is 10.2. The molecule has 1 aromatic carbocycles. The lowest BCUT2D eigenvalue weighted by Gasteiger charge is -2.08. The van der Waals surface area contributed by atoms with Crippen molar-refractivity contribution in [2.75, 3.05) is 0 Å². The predicted octanol–water partition coefficient (Wildman–Crippen LogP) is 1.35. The topological polar surface area (TPSA) is 55.1 Å². The van der Waals surface area contributed by atoms with Crippen molar-refractivity contribution in [3.63, 3.8) is 0 Å². The van der Waals surface area contributed by atoms with E-state index in [0.717, 1.165) is 18.2 Å². The maximum atomic E-state index is 13.1. The molecule has 0 aliphatic rings. The molecular weight excluding hydrogens is 238 g/mol. The van der Waals surface area contributed by atoms with Crippen molar-refractivity contribution in [3.05, 3.63) is 35.4 Å².